The molecule has 21 heavy (non-hydrogen) atoms. The monoisotopic (exact) mass is 409 g/mol. The Labute approximate surface area is 140 Å². The fourth-order valence-electron chi connectivity index (χ4n) is 2.58. The molecule has 2 unspecified atom stereocenters. The minimum Gasteiger partial charge on any atom is -0.452 e. The van der Waals surface area contributed by atoms with Crippen molar-refractivity contribution in [2.75, 3.05) is 12.0 Å². The number of amides is 1. The van der Waals surface area contributed by atoms with Crippen LogP contribution >= 0.6 is 31.9 Å². The molecule has 0 saturated heterocycles. The average molecular weight is 411 g/mol. The zero-order valence-electron chi connectivity index (χ0n) is 11.3. The van der Waals surface area contributed by atoms with E-state index in [-0.39, 0.29) is 9.65 Å². The highest BCUT2D eigenvalue weighted by atomic mass is 79.9. The number of carbonyl (C=O) groups is 1. The van der Waals surface area contributed by atoms with Crippen molar-refractivity contribution in [1.82, 2.24) is 0 Å². The number of nitrogens with zero attached hydrogens (tertiary/aromatic N) is 1. The van der Waals surface area contributed by atoms with Gasteiger partial charge in [-0.25, -0.2) is 9.69 Å². The van der Waals surface area contributed by atoms with Crippen LogP contribution in [0.25, 0.3) is 0 Å². The number of halogens is 2. The van der Waals surface area contributed by atoms with Crippen LogP contribution in [0.1, 0.15) is 20.8 Å². The molecule has 0 spiro atoms. The molecule has 0 saturated carbocycles. The predicted molar refractivity (Wildman–Crippen MR) is 90.8 cm³/mol. The predicted octanol–water partition coefficient (Wildman–Crippen LogP) is 5.48. The van der Waals surface area contributed by atoms with Gasteiger partial charge in [0.1, 0.15) is 0 Å². The van der Waals surface area contributed by atoms with Crippen LogP contribution in [0.4, 0.5) is 16.2 Å². The maximum Gasteiger partial charge on any atom is 0.418 e. The second-order valence-corrected chi connectivity index (χ2v) is 6.70. The van der Waals surface area contributed by atoms with Crippen molar-refractivity contribution < 1.29 is 9.53 Å². The van der Waals surface area contributed by atoms with E-state index in [0.717, 1.165) is 22.5 Å². The van der Waals surface area contributed by atoms with E-state index >= 15 is 0 Å². The SMILES string of the molecule is COC(=O)N1c2ccccc2C(Br)C(Br)c2ccccc21. The lowest BCUT2D eigenvalue weighted by atomic mass is 10.0. The zero-order chi connectivity index (χ0) is 15.0. The van der Waals surface area contributed by atoms with E-state index in [0.29, 0.717) is 0 Å². The Balaban J connectivity index is 2.31. The normalized spacial score (nSPS) is 20.2. The maximum atomic E-state index is 12.3. The first-order valence-electron chi connectivity index (χ1n) is 6.49. The van der Waals surface area contributed by atoms with Gasteiger partial charge in [-0.3, -0.25) is 0 Å². The second-order valence-electron chi connectivity index (χ2n) is 4.73. The second kappa shape index (κ2) is 5.81. The summed E-state index contributed by atoms with van der Waals surface area (Å²) in [6.07, 6.45) is -0.392. The minimum absolute atomic E-state index is 0.0597. The summed E-state index contributed by atoms with van der Waals surface area (Å²) >= 11 is 7.49. The number of rotatable bonds is 0. The minimum atomic E-state index is -0.392. The Morgan fingerprint density at radius 2 is 1.38 bits per heavy atom. The zero-order valence-corrected chi connectivity index (χ0v) is 14.5. The molecule has 1 aliphatic heterocycles. The number of alkyl halides is 2. The summed E-state index contributed by atoms with van der Waals surface area (Å²) in [5.74, 6) is 0. The van der Waals surface area contributed by atoms with Crippen molar-refractivity contribution in [3.8, 4) is 0 Å². The third-order valence-corrected chi connectivity index (χ3v) is 6.32. The molecular formula is C16H13Br2NO2. The van der Waals surface area contributed by atoms with Crippen molar-refractivity contribution in [2.45, 2.75) is 9.65 Å². The summed E-state index contributed by atoms with van der Waals surface area (Å²) < 4.78 is 4.99. The lowest BCUT2D eigenvalue weighted by Crippen LogP contribution is -2.26. The molecule has 1 amide bonds. The van der Waals surface area contributed by atoms with Crippen LogP contribution in [-0.2, 0) is 4.74 Å². The summed E-state index contributed by atoms with van der Waals surface area (Å²) in [5.41, 5.74) is 3.75. The molecule has 0 N–H and O–H groups in total. The molecule has 108 valence electrons. The van der Waals surface area contributed by atoms with Gasteiger partial charge < -0.3 is 4.74 Å². The number of fused-ring (bicyclic) bond motifs is 2. The molecule has 0 bridgehead atoms. The van der Waals surface area contributed by atoms with Gasteiger partial charge in [0.05, 0.1) is 28.1 Å². The summed E-state index contributed by atoms with van der Waals surface area (Å²) in [6, 6.07) is 15.7. The molecular weight excluding hydrogens is 398 g/mol. The first-order chi connectivity index (χ1) is 10.1. The Morgan fingerprint density at radius 1 is 0.952 bits per heavy atom. The van der Waals surface area contributed by atoms with E-state index in [9.17, 15) is 4.79 Å². The molecule has 3 nitrogen and oxygen atoms in total. The van der Waals surface area contributed by atoms with E-state index in [4.69, 9.17) is 4.74 Å². The highest BCUT2D eigenvalue weighted by Crippen LogP contribution is 2.52. The first kappa shape index (κ1) is 14.6. The summed E-state index contributed by atoms with van der Waals surface area (Å²) in [7, 11) is 1.40. The summed E-state index contributed by atoms with van der Waals surface area (Å²) in [6.45, 7) is 0. The van der Waals surface area contributed by atoms with E-state index in [1.165, 1.54) is 7.11 Å². The quantitative estimate of drug-likeness (QED) is 0.538. The molecule has 2 aromatic carbocycles. The van der Waals surface area contributed by atoms with Gasteiger partial charge in [-0.15, -0.1) is 0 Å². The molecule has 5 heteroatoms. The van der Waals surface area contributed by atoms with Crippen LogP contribution in [0.5, 0.6) is 0 Å². The number of hydrogen-bond donors (Lipinski definition) is 0. The Bertz CT molecular complexity index is 638. The number of ether oxygens (including phenoxy) is 1. The molecule has 2 atom stereocenters. The van der Waals surface area contributed by atoms with Crippen LogP contribution < -0.4 is 4.90 Å². The highest BCUT2D eigenvalue weighted by Gasteiger charge is 2.34. The molecule has 1 aliphatic rings. The van der Waals surface area contributed by atoms with Crippen molar-refractivity contribution in [3.63, 3.8) is 0 Å². The third-order valence-electron chi connectivity index (χ3n) is 3.56. The molecule has 0 aliphatic carbocycles. The van der Waals surface area contributed by atoms with Crippen molar-refractivity contribution in [2.24, 2.45) is 0 Å². The van der Waals surface area contributed by atoms with Crippen LogP contribution in [0, 0.1) is 0 Å². The third kappa shape index (κ3) is 2.38. The van der Waals surface area contributed by atoms with Crippen LogP contribution in [0.15, 0.2) is 48.5 Å². The van der Waals surface area contributed by atoms with Gasteiger partial charge in [0, 0.05) is 0 Å². The number of hydrogen-bond acceptors (Lipinski definition) is 2. The topological polar surface area (TPSA) is 29.5 Å². The number of carbonyl (C=O) groups excluding carboxylic acids is 1. The highest BCUT2D eigenvalue weighted by molar-refractivity contribution is 9.12. The van der Waals surface area contributed by atoms with Gasteiger partial charge in [0.2, 0.25) is 0 Å². The van der Waals surface area contributed by atoms with Crippen molar-refractivity contribution in [1.29, 1.82) is 0 Å². The number of methoxy groups -OCH3 is 1. The standard InChI is InChI=1S/C16H13Br2NO2/c1-21-16(20)19-12-8-4-2-6-10(12)14(17)15(18)11-7-3-5-9-13(11)19/h2-9,14-15H,1H3. The van der Waals surface area contributed by atoms with Gasteiger partial charge in [-0.05, 0) is 23.3 Å². The fraction of sp³-hybridized carbons (Fsp3) is 0.188. The largest absolute Gasteiger partial charge is 0.452 e. The van der Waals surface area contributed by atoms with Crippen LogP contribution in [0.3, 0.4) is 0 Å². The summed E-state index contributed by atoms with van der Waals surface area (Å²) in [4.78, 5) is 14.1. The molecule has 0 fully saturated rings. The Morgan fingerprint density at radius 3 is 1.81 bits per heavy atom. The van der Waals surface area contributed by atoms with E-state index in [2.05, 4.69) is 31.9 Å². The number of benzene rings is 2. The fourth-order valence-corrected chi connectivity index (χ4v) is 3.93. The van der Waals surface area contributed by atoms with E-state index in [1.54, 1.807) is 4.90 Å². The van der Waals surface area contributed by atoms with Crippen molar-refractivity contribution in [3.05, 3.63) is 59.7 Å². The van der Waals surface area contributed by atoms with Gasteiger partial charge in [0.25, 0.3) is 0 Å². The van der Waals surface area contributed by atoms with Crippen LogP contribution in [0.2, 0.25) is 0 Å². The maximum absolute atomic E-state index is 12.3. The smallest absolute Gasteiger partial charge is 0.418 e. The number of para-hydroxylation sites is 2. The summed E-state index contributed by atoms with van der Waals surface area (Å²) in [5, 5.41) is 0. The van der Waals surface area contributed by atoms with Gasteiger partial charge in [-0.1, -0.05) is 68.3 Å². The van der Waals surface area contributed by atoms with Gasteiger partial charge in [0.15, 0.2) is 0 Å². The molecule has 0 radical (unpaired) electrons. The number of anilines is 2. The lowest BCUT2D eigenvalue weighted by Gasteiger charge is -2.23. The van der Waals surface area contributed by atoms with Crippen LogP contribution in [-0.4, -0.2) is 13.2 Å². The molecule has 0 aromatic heterocycles. The first-order valence-corrected chi connectivity index (χ1v) is 8.32. The van der Waals surface area contributed by atoms with E-state index < -0.39 is 6.09 Å². The van der Waals surface area contributed by atoms with Gasteiger partial charge >= 0.3 is 6.09 Å². The molecule has 3 rings (SSSR count). The van der Waals surface area contributed by atoms with E-state index in [1.807, 2.05) is 48.5 Å². The average Bonchev–Trinajstić information content (AvgIpc) is 2.62. The Kier molecular flexibility index (Phi) is 4.04. The molecule has 1 heterocycles. The van der Waals surface area contributed by atoms with Gasteiger partial charge in [-0.2, -0.15) is 0 Å². The van der Waals surface area contributed by atoms with Crippen molar-refractivity contribution >= 4 is 49.3 Å². The lowest BCUT2D eigenvalue weighted by molar-refractivity contribution is 0.181. The Hall–Kier alpha value is -1.33. The molecule has 2 aromatic rings.